The average molecular weight is 324 g/mol. The van der Waals surface area contributed by atoms with Gasteiger partial charge in [-0.2, -0.15) is 0 Å². The van der Waals surface area contributed by atoms with E-state index in [1.165, 1.54) is 16.9 Å². The lowest BCUT2D eigenvalue weighted by atomic mass is 10.1. The zero-order valence-corrected chi connectivity index (χ0v) is 12.7. The Morgan fingerprint density at radius 2 is 2.04 bits per heavy atom. The number of fused-ring (bicyclic) bond motifs is 3. The molecule has 120 valence electrons. The summed E-state index contributed by atoms with van der Waals surface area (Å²) in [4.78, 5) is 17.2. The number of nitrogens with zero attached hydrogens (tertiary/aromatic N) is 2. The summed E-state index contributed by atoms with van der Waals surface area (Å²) in [6, 6.07) is 11.8. The molecule has 0 bridgehead atoms. The second-order valence-corrected chi connectivity index (χ2v) is 5.25. The predicted molar refractivity (Wildman–Crippen MR) is 92.3 cm³/mol. The largest absolute Gasteiger partial charge is 0.497 e. The van der Waals surface area contributed by atoms with Crippen LogP contribution in [0, 0.1) is 0 Å². The van der Waals surface area contributed by atoms with Crippen LogP contribution < -0.4 is 15.0 Å². The Morgan fingerprint density at radius 1 is 1.17 bits per heavy atom. The molecular weight excluding hydrogens is 306 g/mol. The van der Waals surface area contributed by atoms with Gasteiger partial charge in [0.2, 0.25) is 0 Å². The molecule has 0 aliphatic carbocycles. The van der Waals surface area contributed by atoms with Crippen LogP contribution in [-0.2, 0) is 0 Å². The van der Waals surface area contributed by atoms with Gasteiger partial charge in [-0.15, -0.1) is 0 Å². The van der Waals surface area contributed by atoms with Gasteiger partial charge in [-0.3, -0.25) is 14.9 Å². The molecule has 6 nitrogen and oxygen atoms in total. The van der Waals surface area contributed by atoms with E-state index in [4.69, 9.17) is 13.6 Å². The molecule has 0 atom stereocenters. The maximum atomic E-state index is 12.9. The molecule has 0 amide bonds. The van der Waals surface area contributed by atoms with Gasteiger partial charge in [0.1, 0.15) is 17.2 Å². The standard InChI is InChI=1S/C18H15N3O3/c1-23-11-7-8-12-14(9-11)19-10-13-17(12)20-21(18(13)22)15-5-3-4-6-16(15)24-2/h3-10,20H,1-2H3/i2D3. The molecule has 0 unspecified atom stereocenters. The number of benzene rings is 2. The third-order valence-electron chi connectivity index (χ3n) is 3.95. The number of rotatable bonds is 3. The summed E-state index contributed by atoms with van der Waals surface area (Å²) in [5.74, 6) is 0.734. The summed E-state index contributed by atoms with van der Waals surface area (Å²) in [6.07, 6.45) is 1.49. The molecule has 0 saturated carbocycles. The van der Waals surface area contributed by atoms with Crippen LogP contribution in [0.2, 0.25) is 0 Å². The second kappa shape index (κ2) is 5.42. The molecule has 2 heterocycles. The summed E-state index contributed by atoms with van der Waals surface area (Å²) in [6.45, 7) is 0. The number of hydrogen-bond acceptors (Lipinski definition) is 4. The van der Waals surface area contributed by atoms with Gasteiger partial charge < -0.3 is 9.47 Å². The Balaban J connectivity index is 1.95. The molecule has 4 rings (SSSR count). The van der Waals surface area contributed by atoms with Crippen molar-refractivity contribution in [2.24, 2.45) is 0 Å². The number of aromatic nitrogens is 3. The number of ether oxygens (including phenoxy) is 2. The molecule has 0 aliphatic rings. The van der Waals surface area contributed by atoms with Crippen molar-refractivity contribution in [3.8, 4) is 17.2 Å². The molecule has 24 heavy (non-hydrogen) atoms. The summed E-state index contributed by atoms with van der Waals surface area (Å²) >= 11 is 0. The number of H-pyrrole nitrogens is 1. The highest BCUT2D eigenvalue weighted by molar-refractivity contribution is 6.03. The molecule has 0 fully saturated rings. The minimum absolute atomic E-state index is 0.0742. The predicted octanol–water partition coefficient (Wildman–Crippen LogP) is 2.88. The van der Waals surface area contributed by atoms with E-state index in [1.807, 2.05) is 6.07 Å². The van der Waals surface area contributed by atoms with Gasteiger partial charge in [0.15, 0.2) is 0 Å². The van der Waals surface area contributed by atoms with E-state index in [0.29, 0.717) is 27.9 Å². The van der Waals surface area contributed by atoms with E-state index in [2.05, 4.69) is 10.1 Å². The zero-order valence-electron chi connectivity index (χ0n) is 15.7. The number of nitrogens with one attached hydrogen (secondary N) is 1. The van der Waals surface area contributed by atoms with Crippen molar-refractivity contribution in [3.05, 3.63) is 59.0 Å². The van der Waals surface area contributed by atoms with Crippen LogP contribution in [0.15, 0.2) is 53.5 Å². The lowest BCUT2D eigenvalue weighted by Gasteiger charge is -2.07. The summed E-state index contributed by atoms with van der Waals surface area (Å²) < 4.78 is 33.5. The van der Waals surface area contributed by atoms with Gasteiger partial charge in [-0.1, -0.05) is 12.1 Å². The number of para-hydroxylation sites is 2. The molecule has 0 aliphatic heterocycles. The third kappa shape index (κ3) is 2.04. The normalized spacial score (nSPS) is 13.5. The fourth-order valence-corrected chi connectivity index (χ4v) is 2.76. The molecule has 0 saturated heterocycles. The van der Waals surface area contributed by atoms with Crippen LogP contribution in [0.4, 0.5) is 0 Å². The van der Waals surface area contributed by atoms with Gasteiger partial charge in [-0.05, 0) is 24.3 Å². The maximum Gasteiger partial charge on any atom is 0.280 e. The van der Waals surface area contributed by atoms with E-state index in [1.54, 1.807) is 37.4 Å². The first-order valence-electron chi connectivity index (χ1n) is 8.73. The van der Waals surface area contributed by atoms with Crippen molar-refractivity contribution in [2.75, 3.05) is 14.1 Å². The van der Waals surface area contributed by atoms with Crippen molar-refractivity contribution in [1.29, 1.82) is 0 Å². The highest BCUT2D eigenvalue weighted by Gasteiger charge is 2.14. The first-order chi connectivity index (χ1) is 12.9. The molecule has 0 radical (unpaired) electrons. The van der Waals surface area contributed by atoms with Crippen LogP contribution in [0.1, 0.15) is 4.11 Å². The van der Waals surface area contributed by atoms with Crippen LogP contribution in [0.5, 0.6) is 11.5 Å². The summed E-state index contributed by atoms with van der Waals surface area (Å²) in [5.41, 5.74) is 1.21. The van der Waals surface area contributed by atoms with Crippen LogP contribution in [0.3, 0.4) is 0 Å². The summed E-state index contributed by atoms with van der Waals surface area (Å²) in [7, 11) is -1.06. The quantitative estimate of drug-likeness (QED) is 0.629. The lowest BCUT2D eigenvalue weighted by molar-refractivity contribution is 0.411. The maximum absolute atomic E-state index is 12.9. The average Bonchev–Trinajstić information content (AvgIpc) is 2.97. The van der Waals surface area contributed by atoms with Crippen LogP contribution >= 0.6 is 0 Å². The lowest BCUT2D eigenvalue weighted by Crippen LogP contribution is -2.15. The monoisotopic (exact) mass is 324 g/mol. The van der Waals surface area contributed by atoms with Crippen LogP contribution in [0.25, 0.3) is 27.5 Å². The van der Waals surface area contributed by atoms with Gasteiger partial charge in [0, 0.05) is 17.6 Å². The van der Waals surface area contributed by atoms with E-state index in [-0.39, 0.29) is 11.3 Å². The van der Waals surface area contributed by atoms with E-state index in [9.17, 15) is 4.79 Å². The SMILES string of the molecule is [2H]C([2H])([2H])Oc1ccccc1-n1[nH]c2c(cnc3cc(OC)ccc32)c1=O. The molecule has 6 heteroatoms. The molecule has 2 aromatic heterocycles. The number of aromatic amines is 1. The van der Waals surface area contributed by atoms with E-state index < -0.39 is 7.04 Å². The minimum atomic E-state index is -2.63. The highest BCUT2D eigenvalue weighted by Crippen LogP contribution is 2.26. The number of methoxy groups -OCH3 is 2. The Bertz CT molecular complexity index is 1210. The fourth-order valence-electron chi connectivity index (χ4n) is 2.76. The molecule has 1 N–H and O–H groups in total. The Morgan fingerprint density at radius 3 is 2.88 bits per heavy atom. The molecule has 4 aromatic rings. The highest BCUT2D eigenvalue weighted by atomic mass is 16.5. The van der Waals surface area contributed by atoms with Gasteiger partial charge in [0.05, 0.1) is 34.7 Å². The van der Waals surface area contributed by atoms with Crippen molar-refractivity contribution >= 4 is 21.8 Å². The minimum Gasteiger partial charge on any atom is -0.497 e. The van der Waals surface area contributed by atoms with E-state index in [0.717, 1.165) is 5.39 Å². The van der Waals surface area contributed by atoms with E-state index >= 15 is 0 Å². The number of pyridine rings is 1. The smallest absolute Gasteiger partial charge is 0.280 e. The Hall–Kier alpha value is -3.28. The van der Waals surface area contributed by atoms with Crippen molar-refractivity contribution in [2.45, 2.75) is 0 Å². The molecular formula is C18H15N3O3. The van der Waals surface area contributed by atoms with Crippen molar-refractivity contribution in [1.82, 2.24) is 14.8 Å². The molecule has 2 aromatic carbocycles. The first-order valence-corrected chi connectivity index (χ1v) is 7.23. The fraction of sp³-hybridized carbons (Fsp3) is 0.111. The number of hydrogen-bond donors (Lipinski definition) is 1. The third-order valence-corrected chi connectivity index (χ3v) is 3.95. The van der Waals surface area contributed by atoms with Gasteiger partial charge in [-0.25, -0.2) is 4.68 Å². The summed E-state index contributed by atoms with van der Waals surface area (Å²) in [5, 5.41) is 4.18. The zero-order chi connectivity index (χ0) is 19.2. The van der Waals surface area contributed by atoms with Gasteiger partial charge >= 0.3 is 0 Å². The van der Waals surface area contributed by atoms with Crippen LogP contribution in [-0.4, -0.2) is 28.9 Å². The first kappa shape index (κ1) is 11.3. The van der Waals surface area contributed by atoms with Gasteiger partial charge in [0.25, 0.3) is 5.56 Å². The Labute approximate surface area is 141 Å². The topological polar surface area (TPSA) is 69.1 Å². The molecule has 0 spiro atoms. The van der Waals surface area contributed by atoms with Crippen molar-refractivity contribution < 1.29 is 13.6 Å². The second-order valence-electron chi connectivity index (χ2n) is 5.25. The Kier molecular flexibility index (Phi) is 2.55. The van der Waals surface area contributed by atoms with Crippen molar-refractivity contribution in [3.63, 3.8) is 0 Å².